The van der Waals surface area contributed by atoms with Crippen LogP contribution in [0, 0.1) is 5.92 Å². The van der Waals surface area contributed by atoms with E-state index in [-0.39, 0.29) is 17.8 Å². The summed E-state index contributed by atoms with van der Waals surface area (Å²) in [6, 6.07) is 1.32. The van der Waals surface area contributed by atoms with E-state index in [2.05, 4.69) is 4.90 Å². The molecule has 1 fully saturated rings. The van der Waals surface area contributed by atoms with E-state index >= 15 is 0 Å². The summed E-state index contributed by atoms with van der Waals surface area (Å²) in [5.41, 5.74) is -0.416. The van der Waals surface area contributed by atoms with Gasteiger partial charge in [-0.05, 0) is 32.2 Å². The Morgan fingerprint density at radius 1 is 1.61 bits per heavy atom. The molecule has 0 aliphatic carbocycles. The predicted molar refractivity (Wildman–Crippen MR) is 66.3 cm³/mol. The highest BCUT2D eigenvalue weighted by Crippen LogP contribution is 2.21. The molecular formula is C13H19NO4. The molecule has 2 heterocycles. The van der Waals surface area contributed by atoms with E-state index < -0.39 is 5.43 Å². The van der Waals surface area contributed by atoms with Crippen molar-refractivity contribution in [2.75, 3.05) is 13.1 Å². The topological polar surface area (TPSA) is 73.9 Å². The molecule has 0 saturated carbocycles. The van der Waals surface area contributed by atoms with Gasteiger partial charge in [-0.2, -0.15) is 0 Å². The Morgan fingerprint density at radius 2 is 2.39 bits per heavy atom. The summed E-state index contributed by atoms with van der Waals surface area (Å²) in [7, 11) is 0. The number of likely N-dealkylation sites (tertiary alicyclic amines) is 1. The summed E-state index contributed by atoms with van der Waals surface area (Å²) in [5, 5.41) is 18.7. The number of hydrogen-bond donors (Lipinski definition) is 2. The van der Waals surface area contributed by atoms with E-state index in [1.165, 1.54) is 6.07 Å². The largest absolute Gasteiger partial charge is 0.502 e. The number of aromatic hydroxyl groups is 1. The molecule has 5 heteroatoms. The van der Waals surface area contributed by atoms with Crippen LogP contribution >= 0.6 is 0 Å². The molecule has 0 amide bonds. The molecule has 1 aliphatic rings. The van der Waals surface area contributed by atoms with Crippen LogP contribution in [0.3, 0.4) is 0 Å². The van der Waals surface area contributed by atoms with Gasteiger partial charge < -0.3 is 14.6 Å². The highest BCUT2D eigenvalue weighted by molar-refractivity contribution is 5.15. The van der Waals surface area contributed by atoms with E-state index in [4.69, 9.17) is 9.52 Å². The Labute approximate surface area is 106 Å². The second-order valence-corrected chi connectivity index (χ2v) is 4.97. The normalized spacial score (nSPS) is 22.9. The van der Waals surface area contributed by atoms with Crippen molar-refractivity contribution in [2.24, 2.45) is 5.92 Å². The number of aliphatic hydroxyl groups is 1. The SMILES string of the molecule is CC(O)C1CCCN(Cc2cc(=O)c(O)co2)C1. The Bertz CT molecular complexity index is 455. The van der Waals surface area contributed by atoms with Gasteiger partial charge in [0.25, 0.3) is 0 Å². The summed E-state index contributed by atoms with van der Waals surface area (Å²) in [4.78, 5) is 13.4. The van der Waals surface area contributed by atoms with Crippen molar-refractivity contribution in [3.05, 3.63) is 28.3 Å². The highest BCUT2D eigenvalue weighted by atomic mass is 16.4. The molecule has 1 aliphatic heterocycles. The van der Waals surface area contributed by atoms with E-state index in [0.29, 0.717) is 12.3 Å². The molecular weight excluding hydrogens is 234 g/mol. The fourth-order valence-corrected chi connectivity index (χ4v) is 2.38. The summed E-state index contributed by atoms with van der Waals surface area (Å²) in [6.07, 6.45) is 2.85. The standard InChI is InChI=1S/C13H19NO4/c1-9(15)10-3-2-4-14(6-10)7-11-5-12(16)13(17)8-18-11/h5,8-10,15,17H,2-4,6-7H2,1H3. The van der Waals surface area contributed by atoms with Crippen LogP contribution in [0.25, 0.3) is 0 Å². The first kappa shape index (κ1) is 13.1. The first-order chi connectivity index (χ1) is 8.56. The quantitative estimate of drug-likeness (QED) is 0.838. The van der Waals surface area contributed by atoms with Crippen molar-refractivity contribution in [1.29, 1.82) is 0 Å². The molecule has 0 radical (unpaired) electrons. The molecule has 1 saturated heterocycles. The van der Waals surface area contributed by atoms with Crippen LogP contribution in [-0.4, -0.2) is 34.3 Å². The highest BCUT2D eigenvalue weighted by Gasteiger charge is 2.23. The van der Waals surface area contributed by atoms with Gasteiger partial charge in [0.1, 0.15) is 12.0 Å². The summed E-state index contributed by atoms with van der Waals surface area (Å²) < 4.78 is 5.18. The molecule has 1 aromatic rings. The van der Waals surface area contributed by atoms with Gasteiger partial charge >= 0.3 is 0 Å². The molecule has 0 bridgehead atoms. The zero-order valence-corrected chi connectivity index (χ0v) is 10.5. The Kier molecular flexibility index (Phi) is 4.04. The molecule has 1 aromatic heterocycles. The van der Waals surface area contributed by atoms with Gasteiger partial charge in [-0.3, -0.25) is 9.69 Å². The number of nitrogens with zero attached hydrogens (tertiary/aromatic N) is 1. The molecule has 18 heavy (non-hydrogen) atoms. The van der Waals surface area contributed by atoms with Crippen LogP contribution in [0.15, 0.2) is 21.5 Å². The Morgan fingerprint density at radius 3 is 3.06 bits per heavy atom. The third-order valence-electron chi connectivity index (χ3n) is 3.47. The van der Waals surface area contributed by atoms with Gasteiger partial charge in [-0.25, -0.2) is 0 Å². The summed E-state index contributed by atoms with van der Waals surface area (Å²) in [6.45, 7) is 4.10. The average Bonchev–Trinajstić information content (AvgIpc) is 2.34. The van der Waals surface area contributed by atoms with Crippen molar-refractivity contribution < 1.29 is 14.6 Å². The average molecular weight is 253 g/mol. The van der Waals surface area contributed by atoms with Gasteiger partial charge in [-0.1, -0.05) is 0 Å². The van der Waals surface area contributed by atoms with Gasteiger partial charge in [0, 0.05) is 12.6 Å². The van der Waals surface area contributed by atoms with Crippen LogP contribution in [0.4, 0.5) is 0 Å². The maximum atomic E-state index is 11.3. The minimum Gasteiger partial charge on any atom is -0.502 e. The monoisotopic (exact) mass is 253 g/mol. The van der Waals surface area contributed by atoms with Crippen molar-refractivity contribution in [3.8, 4) is 5.75 Å². The zero-order valence-electron chi connectivity index (χ0n) is 10.5. The fraction of sp³-hybridized carbons (Fsp3) is 0.615. The van der Waals surface area contributed by atoms with E-state index in [0.717, 1.165) is 32.2 Å². The van der Waals surface area contributed by atoms with Crippen LogP contribution in [0.1, 0.15) is 25.5 Å². The number of hydrogen-bond acceptors (Lipinski definition) is 5. The lowest BCUT2D eigenvalue weighted by Crippen LogP contribution is -2.39. The molecule has 0 spiro atoms. The summed E-state index contributed by atoms with van der Waals surface area (Å²) in [5.74, 6) is 0.464. The lowest BCUT2D eigenvalue weighted by molar-refractivity contribution is 0.0569. The van der Waals surface area contributed by atoms with Gasteiger partial charge in [0.05, 0.1) is 12.6 Å². The van der Waals surface area contributed by atoms with Crippen LogP contribution in [0.2, 0.25) is 0 Å². The Balaban J connectivity index is 2.00. The zero-order chi connectivity index (χ0) is 13.1. The van der Waals surface area contributed by atoms with E-state index in [1.807, 2.05) is 6.92 Å². The van der Waals surface area contributed by atoms with Crippen molar-refractivity contribution >= 4 is 0 Å². The van der Waals surface area contributed by atoms with Crippen molar-refractivity contribution in [1.82, 2.24) is 4.90 Å². The minimum atomic E-state index is -0.416. The maximum Gasteiger partial charge on any atom is 0.226 e. The first-order valence-electron chi connectivity index (χ1n) is 6.27. The first-order valence-corrected chi connectivity index (χ1v) is 6.27. The van der Waals surface area contributed by atoms with Crippen LogP contribution in [-0.2, 0) is 6.54 Å². The third-order valence-corrected chi connectivity index (χ3v) is 3.47. The fourth-order valence-electron chi connectivity index (χ4n) is 2.38. The maximum absolute atomic E-state index is 11.3. The van der Waals surface area contributed by atoms with Crippen molar-refractivity contribution in [3.63, 3.8) is 0 Å². The third kappa shape index (κ3) is 3.11. The van der Waals surface area contributed by atoms with Crippen LogP contribution in [0.5, 0.6) is 5.75 Å². The smallest absolute Gasteiger partial charge is 0.226 e. The molecule has 0 aromatic carbocycles. The molecule has 2 unspecified atom stereocenters. The van der Waals surface area contributed by atoms with Gasteiger partial charge in [0.15, 0.2) is 5.75 Å². The lowest BCUT2D eigenvalue weighted by atomic mass is 9.93. The number of piperidine rings is 1. The van der Waals surface area contributed by atoms with Gasteiger partial charge in [0.2, 0.25) is 5.43 Å². The molecule has 100 valence electrons. The molecule has 2 rings (SSSR count). The molecule has 5 nitrogen and oxygen atoms in total. The van der Waals surface area contributed by atoms with Crippen LogP contribution < -0.4 is 5.43 Å². The van der Waals surface area contributed by atoms with E-state index in [9.17, 15) is 9.90 Å². The second kappa shape index (κ2) is 5.54. The minimum absolute atomic E-state index is 0.280. The van der Waals surface area contributed by atoms with E-state index in [1.54, 1.807) is 0 Å². The predicted octanol–water partition coefficient (Wildman–Crippen LogP) is 0.938. The lowest BCUT2D eigenvalue weighted by Gasteiger charge is -2.33. The molecule has 2 N–H and O–H groups in total. The second-order valence-electron chi connectivity index (χ2n) is 4.97. The van der Waals surface area contributed by atoms with Crippen molar-refractivity contribution in [2.45, 2.75) is 32.4 Å². The van der Waals surface area contributed by atoms with Gasteiger partial charge in [-0.15, -0.1) is 0 Å². The summed E-state index contributed by atoms with van der Waals surface area (Å²) >= 11 is 0. The molecule has 2 atom stereocenters. The number of rotatable bonds is 3. The number of aliphatic hydroxyl groups excluding tert-OH is 1. The Hall–Kier alpha value is -1.33.